The fourth-order valence-corrected chi connectivity index (χ4v) is 2.96. The Morgan fingerprint density at radius 3 is 2.81 bits per heavy atom. The molecule has 0 unspecified atom stereocenters. The minimum absolute atomic E-state index is 0.0670. The van der Waals surface area contributed by atoms with Gasteiger partial charge < -0.3 is 15.7 Å². The molecule has 1 aromatic rings. The van der Waals surface area contributed by atoms with Crippen molar-refractivity contribution in [1.29, 1.82) is 0 Å². The molecule has 110 valence electrons. The minimum Gasteiger partial charge on any atom is -0.481 e. The Morgan fingerprint density at radius 2 is 2.10 bits per heavy atom. The topological polar surface area (TPSA) is 95.5 Å². The van der Waals surface area contributed by atoms with Crippen LogP contribution in [0.4, 0.5) is 5.69 Å². The van der Waals surface area contributed by atoms with Gasteiger partial charge in [-0.2, -0.15) is 0 Å². The highest BCUT2D eigenvalue weighted by Crippen LogP contribution is 2.27. The van der Waals surface area contributed by atoms with Crippen molar-refractivity contribution in [2.24, 2.45) is 5.92 Å². The van der Waals surface area contributed by atoms with E-state index < -0.39 is 5.97 Å². The molecule has 2 atom stereocenters. The SMILES string of the molecule is O=C1Cc2ccc(C(=O)N[C@H]3CC[C@@H](C(=O)O)C3)cc2N1. The summed E-state index contributed by atoms with van der Waals surface area (Å²) in [5, 5.41) is 14.5. The quantitative estimate of drug-likeness (QED) is 0.778. The van der Waals surface area contributed by atoms with Crippen LogP contribution in [0.3, 0.4) is 0 Å². The molecular weight excluding hydrogens is 272 g/mol. The van der Waals surface area contributed by atoms with Gasteiger partial charge in [0.05, 0.1) is 12.3 Å². The molecule has 1 aliphatic carbocycles. The smallest absolute Gasteiger partial charge is 0.306 e. The molecule has 0 radical (unpaired) electrons. The number of nitrogens with one attached hydrogen (secondary N) is 2. The van der Waals surface area contributed by atoms with Crippen LogP contribution in [0.25, 0.3) is 0 Å². The van der Waals surface area contributed by atoms with Crippen LogP contribution in [-0.4, -0.2) is 28.9 Å². The van der Waals surface area contributed by atoms with E-state index in [2.05, 4.69) is 10.6 Å². The molecular formula is C15H16N2O4. The lowest BCUT2D eigenvalue weighted by atomic mass is 10.1. The lowest BCUT2D eigenvalue weighted by Crippen LogP contribution is -2.33. The number of hydrogen-bond donors (Lipinski definition) is 3. The zero-order valence-electron chi connectivity index (χ0n) is 11.4. The van der Waals surface area contributed by atoms with Gasteiger partial charge in [0.2, 0.25) is 5.91 Å². The van der Waals surface area contributed by atoms with E-state index in [-0.39, 0.29) is 23.8 Å². The molecule has 0 spiro atoms. The Hall–Kier alpha value is -2.37. The molecule has 1 heterocycles. The van der Waals surface area contributed by atoms with Gasteiger partial charge in [-0.25, -0.2) is 0 Å². The summed E-state index contributed by atoms with van der Waals surface area (Å²) in [6.45, 7) is 0. The Bertz CT molecular complexity index is 626. The van der Waals surface area contributed by atoms with Crippen molar-refractivity contribution in [3.05, 3.63) is 29.3 Å². The van der Waals surface area contributed by atoms with Crippen LogP contribution in [0, 0.1) is 5.92 Å². The Kier molecular flexibility index (Phi) is 3.37. The highest BCUT2D eigenvalue weighted by molar-refractivity contribution is 6.02. The first-order chi connectivity index (χ1) is 10.0. The Balaban J connectivity index is 1.66. The highest BCUT2D eigenvalue weighted by Gasteiger charge is 2.30. The zero-order valence-corrected chi connectivity index (χ0v) is 11.4. The number of rotatable bonds is 3. The largest absolute Gasteiger partial charge is 0.481 e. The van der Waals surface area contributed by atoms with Gasteiger partial charge in [-0.05, 0) is 37.0 Å². The lowest BCUT2D eigenvalue weighted by Gasteiger charge is -2.13. The average Bonchev–Trinajstić information content (AvgIpc) is 3.02. The van der Waals surface area contributed by atoms with Crippen molar-refractivity contribution in [2.45, 2.75) is 31.7 Å². The summed E-state index contributed by atoms with van der Waals surface area (Å²) in [5.74, 6) is -1.46. The lowest BCUT2D eigenvalue weighted by molar-refractivity contribution is -0.141. The number of anilines is 1. The van der Waals surface area contributed by atoms with Crippen molar-refractivity contribution in [1.82, 2.24) is 5.32 Å². The van der Waals surface area contributed by atoms with Gasteiger partial charge in [0.25, 0.3) is 5.91 Å². The van der Waals surface area contributed by atoms with Crippen molar-refractivity contribution < 1.29 is 19.5 Å². The first kappa shape index (κ1) is 13.6. The molecule has 6 heteroatoms. The third-order valence-electron chi connectivity index (χ3n) is 4.11. The second-order valence-corrected chi connectivity index (χ2v) is 5.62. The first-order valence-corrected chi connectivity index (χ1v) is 6.99. The summed E-state index contributed by atoms with van der Waals surface area (Å²) in [6, 6.07) is 5.04. The van der Waals surface area contributed by atoms with E-state index in [0.717, 1.165) is 5.56 Å². The Morgan fingerprint density at radius 1 is 1.29 bits per heavy atom. The van der Waals surface area contributed by atoms with Gasteiger partial charge in [0, 0.05) is 17.3 Å². The van der Waals surface area contributed by atoms with Crippen LogP contribution in [0.2, 0.25) is 0 Å². The maximum Gasteiger partial charge on any atom is 0.306 e. The van der Waals surface area contributed by atoms with Crippen LogP contribution >= 0.6 is 0 Å². The third-order valence-corrected chi connectivity index (χ3v) is 4.11. The summed E-state index contributed by atoms with van der Waals surface area (Å²) in [4.78, 5) is 34.4. The summed E-state index contributed by atoms with van der Waals surface area (Å²) in [5.41, 5.74) is 2.06. The second kappa shape index (κ2) is 5.20. The second-order valence-electron chi connectivity index (χ2n) is 5.62. The van der Waals surface area contributed by atoms with Gasteiger partial charge in [-0.3, -0.25) is 14.4 Å². The molecule has 0 aromatic heterocycles. The molecule has 1 fully saturated rings. The van der Waals surface area contributed by atoms with Crippen molar-refractivity contribution in [2.75, 3.05) is 5.32 Å². The molecule has 6 nitrogen and oxygen atoms in total. The maximum atomic E-state index is 12.2. The molecule has 1 aliphatic heterocycles. The fraction of sp³-hybridized carbons (Fsp3) is 0.400. The van der Waals surface area contributed by atoms with Crippen LogP contribution in [0.1, 0.15) is 35.2 Å². The van der Waals surface area contributed by atoms with Gasteiger partial charge in [0.1, 0.15) is 0 Å². The van der Waals surface area contributed by atoms with Crippen LogP contribution in [0.5, 0.6) is 0 Å². The van der Waals surface area contributed by atoms with E-state index in [0.29, 0.717) is 36.9 Å². The average molecular weight is 288 g/mol. The summed E-state index contributed by atoms with van der Waals surface area (Å²) >= 11 is 0. The zero-order chi connectivity index (χ0) is 15.0. The van der Waals surface area contributed by atoms with Crippen molar-refractivity contribution in [3.8, 4) is 0 Å². The normalized spacial score (nSPS) is 23.5. The number of carboxylic acids is 1. The number of carbonyl (C=O) groups is 3. The molecule has 3 rings (SSSR count). The molecule has 0 saturated heterocycles. The summed E-state index contributed by atoms with van der Waals surface area (Å²) in [7, 11) is 0. The number of carbonyl (C=O) groups excluding carboxylic acids is 2. The predicted molar refractivity (Wildman–Crippen MR) is 75.0 cm³/mol. The summed E-state index contributed by atoms with van der Waals surface area (Å²) in [6.07, 6.45) is 2.10. The standard InChI is InChI=1S/C15H16N2O4/c18-13-7-8-1-2-9(6-12(8)17-13)14(19)16-11-4-3-10(5-11)15(20)21/h1-2,6,10-11H,3-5,7H2,(H,16,19)(H,17,18)(H,20,21)/t10-,11+/m1/s1. The number of carboxylic acid groups (broad SMARTS) is 1. The van der Waals surface area contributed by atoms with Crippen LogP contribution in [0.15, 0.2) is 18.2 Å². The summed E-state index contributed by atoms with van der Waals surface area (Å²) < 4.78 is 0. The van der Waals surface area contributed by atoms with Gasteiger partial charge in [-0.1, -0.05) is 6.07 Å². The maximum absolute atomic E-state index is 12.2. The van der Waals surface area contributed by atoms with E-state index in [4.69, 9.17) is 5.11 Å². The monoisotopic (exact) mass is 288 g/mol. The van der Waals surface area contributed by atoms with Crippen LogP contribution in [-0.2, 0) is 16.0 Å². The van der Waals surface area contributed by atoms with E-state index in [1.165, 1.54) is 0 Å². The number of aliphatic carboxylic acids is 1. The fourth-order valence-electron chi connectivity index (χ4n) is 2.96. The van der Waals surface area contributed by atoms with E-state index >= 15 is 0 Å². The van der Waals surface area contributed by atoms with Gasteiger partial charge in [-0.15, -0.1) is 0 Å². The number of hydrogen-bond acceptors (Lipinski definition) is 3. The third kappa shape index (κ3) is 2.74. The van der Waals surface area contributed by atoms with E-state index in [1.807, 2.05) is 0 Å². The van der Waals surface area contributed by atoms with E-state index in [9.17, 15) is 14.4 Å². The first-order valence-electron chi connectivity index (χ1n) is 6.99. The number of fused-ring (bicyclic) bond motifs is 1. The highest BCUT2D eigenvalue weighted by atomic mass is 16.4. The van der Waals surface area contributed by atoms with E-state index in [1.54, 1.807) is 18.2 Å². The molecule has 0 bridgehead atoms. The molecule has 21 heavy (non-hydrogen) atoms. The predicted octanol–water partition coefficient (Wildman–Crippen LogP) is 1.16. The van der Waals surface area contributed by atoms with Gasteiger partial charge in [0.15, 0.2) is 0 Å². The Labute approximate surface area is 121 Å². The van der Waals surface area contributed by atoms with Crippen molar-refractivity contribution in [3.63, 3.8) is 0 Å². The molecule has 2 amide bonds. The van der Waals surface area contributed by atoms with Gasteiger partial charge >= 0.3 is 5.97 Å². The molecule has 1 aromatic carbocycles. The number of amides is 2. The van der Waals surface area contributed by atoms with Crippen molar-refractivity contribution >= 4 is 23.5 Å². The minimum atomic E-state index is -0.799. The molecule has 3 N–H and O–H groups in total. The molecule has 1 saturated carbocycles. The van der Waals surface area contributed by atoms with Crippen LogP contribution < -0.4 is 10.6 Å². The number of benzene rings is 1. The molecule has 2 aliphatic rings.